The van der Waals surface area contributed by atoms with E-state index in [2.05, 4.69) is 23.9 Å². The number of aromatic nitrogens is 1. The highest BCUT2D eigenvalue weighted by atomic mass is 19.1. The smallest absolute Gasteiger partial charge is 0.254 e. The van der Waals surface area contributed by atoms with Crippen molar-refractivity contribution in [2.24, 2.45) is 5.92 Å². The molecule has 7 nitrogen and oxygen atoms in total. The maximum absolute atomic E-state index is 13.6. The van der Waals surface area contributed by atoms with Crippen LogP contribution in [0.15, 0.2) is 53.1 Å². The highest BCUT2D eigenvalue weighted by Gasteiger charge is 2.28. The lowest BCUT2D eigenvalue weighted by molar-refractivity contribution is 0.0722. The fourth-order valence-corrected chi connectivity index (χ4v) is 4.08. The minimum Gasteiger partial charge on any atom is -0.497 e. The number of anilines is 1. The number of halogens is 1. The summed E-state index contributed by atoms with van der Waals surface area (Å²) in [4.78, 5) is 17.5. The lowest BCUT2D eigenvalue weighted by atomic mass is 10.0. The van der Waals surface area contributed by atoms with Crippen LogP contribution in [0.25, 0.3) is 11.3 Å². The van der Waals surface area contributed by atoms with Gasteiger partial charge in [0, 0.05) is 30.8 Å². The average Bonchev–Trinajstić information content (AvgIpc) is 3.27. The van der Waals surface area contributed by atoms with E-state index >= 15 is 0 Å². The predicted molar refractivity (Wildman–Crippen MR) is 128 cm³/mol. The molecule has 8 heteroatoms. The molecule has 180 valence electrons. The van der Waals surface area contributed by atoms with E-state index in [4.69, 9.17) is 14.0 Å². The quantitative estimate of drug-likeness (QED) is 0.481. The van der Waals surface area contributed by atoms with E-state index in [0.29, 0.717) is 62.3 Å². The number of morpholine rings is 1. The molecule has 1 aromatic heterocycles. The molecule has 1 saturated heterocycles. The van der Waals surface area contributed by atoms with E-state index in [1.807, 2.05) is 17.0 Å². The number of nitrogens with zero attached hydrogens (tertiary/aromatic N) is 3. The highest BCUT2D eigenvalue weighted by Crippen LogP contribution is 2.33. The van der Waals surface area contributed by atoms with Gasteiger partial charge in [-0.3, -0.25) is 4.79 Å². The van der Waals surface area contributed by atoms with Crippen LogP contribution in [0, 0.1) is 11.7 Å². The van der Waals surface area contributed by atoms with Gasteiger partial charge in [0.1, 0.15) is 17.3 Å². The number of benzene rings is 2. The lowest BCUT2D eigenvalue weighted by Gasteiger charge is -2.29. The topological polar surface area (TPSA) is 68.0 Å². The molecule has 0 radical (unpaired) electrons. The summed E-state index contributed by atoms with van der Waals surface area (Å²) in [6.07, 6.45) is 0. The summed E-state index contributed by atoms with van der Waals surface area (Å²) in [5, 5.41) is 4.35. The third-order valence-electron chi connectivity index (χ3n) is 5.72. The minimum atomic E-state index is -0.322. The molecule has 0 bridgehead atoms. The van der Waals surface area contributed by atoms with Gasteiger partial charge in [0.15, 0.2) is 0 Å². The molecular weight excluding hydrogens is 437 g/mol. The van der Waals surface area contributed by atoms with Crippen LogP contribution in [-0.2, 0) is 11.3 Å². The molecule has 2 heterocycles. The number of hydrogen-bond acceptors (Lipinski definition) is 6. The van der Waals surface area contributed by atoms with E-state index in [1.165, 1.54) is 12.1 Å². The van der Waals surface area contributed by atoms with Crippen molar-refractivity contribution >= 4 is 11.8 Å². The van der Waals surface area contributed by atoms with Gasteiger partial charge >= 0.3 is 0 Å². The van der Waals surface area contributed by atoms with Crippen LogP contribution in [0.2, 0.25) is 0 Å². The number of ether oxygens (including phenoxy) is 2. The van der Waals surface area contributed by atoms with Gasteiger partial charge in [0.05, 0.1) is 32.4 Å². The Hall–Kier alpha value is -3.39. The molecule has 0 saturated carbocycles. The van der Waals surface area contributed by atoms with Crippen LogP contribution in [0.3, 0.4) is 0 Å². The molecule has 34 heavy (non-hydrogen) atoms. The highest BCUT2D eigenvalue weighted by molar-refractivity contribution is 5.94. The Balaban J connectivity index is 1.73. The van der Waals surface area contributed by atoms with Crippen molar-refractivity contribution in [2.75, 3.05) is 44.9 Å². The Morgan fingerprint density at radius 2 is 1.91 bits per heavy atom. The van der Waals surface area contributed by atoms with Crippen molar-refractivity contribution in [3.63, 3.8) is 0 Å². The van der Waals surface area contributed by atoms with Crippen molar-refractivity contribution in [2.45, 2.75) is 20.4 Å². The van der Waals surface area contributed by atoms with Crippen molar-refractivity contribution in [3.8, 4) is 17.0 Å². The minimum absolute atomic E-state index is 0.105. The van der Waals surface area contributed by atoms with Crippen molar-refractivity contribution in [1.29, 1.82) is 0 Å². The molecule has 1 aliphatic rings. The molecule has 0 aliphatic carbocycles. The summed E-state index contributed by atoms with van der Waals surface area (Å²) < 4.78 is 30.2. The number of carbonyl (C=O) groups is 1. The second kappa shape index (κ2) is 10.7. The molecular formula is C26H30FN3O4. The first kappa shape index (κ1) is 23.8. The lowest BCUT2D eigenvalue weighted by Crippen LogP contribution is -2.38. The summed E-state index contributed by atoms with van der Waals surface area (Å²) in [6, 6.07) is 13.3. The second-order valence-corrected chi connectivity index (χ2v) is 8.73. The van der Waals surface area contributed by atoms with E-state index in [-0.39, 0.29) is 17.6 Å². The third-order valence-corrected chi connectivity index (χ3v) is 5.72. The Morgan fingerprint density at radius 3 is 2.59 bits per heavy atom. The molecule has 0 N–H and O–H groups in total. The first-order chi connectivity index (χ1) is 16.5. The first-order valence-electron chi connectivity index (χ1n) is 11.5. The standard InChI is InChI=1S/C26H30FN3O4/c1-18(2)16-30(25(31)20-5-4-6-22(15-20)32-3)17-23-24(19-7-9-21(27)10-8-19)28-34-26(23)29-11-13-33-14-12-29/h4-10,15,18H,11-14,16-17H2,1-3H3. The molecule has 2 aromatic carbocycles. The van der Waals surface area contributed by atoms with Crippen LogP contribution < -0.4 is 9.64 Å². The molecule has 1 aliphatic heterocycles. The van der Waals surface area contributed by atoms with Gasteiger partial charge < -0.3 is 23.8 Å². The summed E-state index contributed by atoms with van der Waals surface area (Å²) >= 11 is 0. The monoisotopic (exact) mass is 467 g/mol. The SMILES string of the molecule is COc1cccc(C(=O)N(Cc2c(-c3ccc(F)cc3)noc2N2CCOCC2)CC(C)C)c1. The van der Waals surface area contributed by atoms with E-state index < -0.39 is 0 Å². The fourth-order valence-electron chi connectivity index (χ4n) is 4.08. The Kier molecular flexibility index (Phi) is 7.47. The van der Waals surface area contributed by atoms with Gasteiger partial charge in [-0.05, 0) is 48.4 Å². The number of amides is 1. The van der Waals surface area contributed by atoms with Crippen molar-refractivity contribution < 1.29 is 23.2 Å². The van der Waals surface area contributed by atoms with Gasteiger partial charge in [0.2, 0.25) is 5.88 Å². The zero-order chi connectivity index (χ0) is 24.1. The molecule has 0 atom stereocenters. The average molecular weight is 468 g/mol. The van der Waals surface area contributed by atoms with Crippen LogP contribution in [0.4, 0.5) is 10.3 Å². The predicted octanol–water partition coefficient (Wildman–Crippen LogP) is 4.62. The van der Waals surface area contributed by atoms with Gasteiger partial charge in [-0.2, -0.15) is 0 Å². The summed E-state index contributed by atoms with van der Waals surface area (Å²) in [5.74, 6) is 1.07. The van der Waals surface area contributed by atoms with Crippen LogP contribution in [-0.4, -0.2) is 55.9 Å². The molecule has 3 aromatic rings. The van der Waals surface area contributed by atoms with Crippen LogP contribution in [0.5, 0.6) is 5.75 Å². The van der Waals surface area contributed by atoms with Gasteiger partial charge in [-0.25, -0.2) is 4.39 Å². The molecule has 1 amide bonds. The van der Waals surface area contributed by atoms with Crippen molar-refractivity contribution in [1.82, 2.24) is 10.1 Å². The Bertz CT molecular complexity index is 1110. The number of methoxy groups -OCH3 is 1. The normalized spacial score (nSPS) is 13.9. The Labute approximate surface area is 199 Å². The maximum atomic E-state index is 13.6. The van der Waals surface area contributed by atoms with E-state index in [0.717, 1.165) is 11.1 Å². The van der Waals surface area contributed by atoms with E-state index in [9.17, 15) is 9.18 Å². The third kappa shape index (κ3) is 5.39. The zero-order valence-corrected chi connectivity index (χ0v) is 19.8. The van der Waals surface area contributed by atoms with Crippen molar-refractivity contribution in [3.05, 3.63) is 65.5 Å². The largest absolute Gasteiger partial charge is 0.497 e. The maximum Gasteiger partial charge on any atom is 0.254 e. The summed E-state index contributed by atoms with van der Waals surface area (Å²) in [5.41, 5.74) is 2.68. The molecule has 1 fully saturated rings. The number of rotatable bonds is 8. The molecule has 0 spiro atoms. The number of hydrogen-bond donors (Lipinski definition) is 0. The number of carbonyl (C=O) groups excluding carboxylic acids is 1. The van der Waals surface area contributed by atoms with Crippen LogP contribution in [0.1, 0.15) is 29.8 Å². The summed E-state index contributed by atoms with van der Waals surface area (Å²) in [7, 11) is 1.58. The van der Waals surface area contributed by atoms with Crippen LogP contribution >= 0.6 is 0 Å². The Morgan fingerprint density at radius 1 is 1.18 bits per heavy atom. The zero-order valence-electron chi connectivity index (χ0n) is 19.8. The first-order valence-corrected chi connectivity index (χ1v) is 11.5. The van der Waals surface area contributed by atoms with E-state index in [1.54, 1.807) is 31.4 Å². The van der Waals surface area contributed by atoms with Gasteiger partial charge in [0.25, 0.3) is 5.91 Å². The van der Waals surface area contributed by atoms with Gasteiger partial charge in [-0.15, -0.1) is 0 Å². The molecule has 0 unspecified atom stereocenters. The summed E-state index contributed by atoms with van der Waals surface area (Å²) in [6.45, 7) is 7.50. The second-order valence-electron chi connectivity index (χ2n) is 8.73. The fraction of sp³-hybridized carbons (Fsp3) is 0.385. The van der Waals surface area contributed by atoms with Gasteiger partial charge in [-0.1, -0.05) is 25.1 Å². The molecule has 4 rings (SSSR count).